The quantitative estimate of drug-likeness (QED) is 0.212. The van der Waals surface area contributed by atoms with Gasteiger partial charge in [0.1, 0.15) is 12.6 Å². The molecule has 2 amide bonds. The van der Waals surface area contributed by atoms with Crippen LogP contribution in [0.4, 0.5) is 5.69 Å². The van der Waals surface area contributed by atoms with Gasteiger partial charge < -0.3 is 19.7 Å². The second-order valence-electron chi connectivity index (χ2n) is 11.2. The second kappa shape index (κ2) is 15.7. The summed E-state index contributed by atoms with van der Waals surface area (Å²) in [5.74, 6) is -0.135. The number of aryl methyl sites for hydroxylation is 2. The van der Waals surface area contributed by atoms with Gasteiger partial charge in [-0.15, -0.1) is 0 Å². The number of rotatable bonds is 14. The highest BCUT2D eigenvalue weighted by Gasteiger charge is 2.34. The van der Waals surface area contributed by atoms with E-state index < -0.39 is 28.5 Å². The third-order valence-electron chi connectivity index (χ3n) is 7.12. The Hall–Kier alpha value is -3.47. The Kier molecular flexibility index (Phi) is 12.6. The topological polar surface area (TPSA) is 105 Å². The summed E-state index contributed by atoms with van der Waals surface area (Å²) in [4.78, 5) is 29.1. The van der Waals surface area contributed by atoms with Crippen molar-refractivity contribution in [1.82, 2.24) is 10.2 Å². The number of nitrogens with one attached hydrogen (secondary N) is 1. The molecule has 0 aliphatic heterocycles. The molecular weight excluding hydrogens is 637 g/mol. The van der Waals surface area contributed by atoms with Crippen molar-refractivity contribution in [3.8, 4) is 11.5 Å². The normalized spacial score (nSPS) is 12.0. The summed E-state index contributed by atoms with van der Waals surface area (Å²) in [5.41, 5.74) is 2.57. The van der Waals surface area contributed by atoms with Gasteiger partial charge >= 0.3 is 0 Å². The first kappa shape index (κ1) is 36.0. The molecule has 3 aromatic rings. The fourth-order valence-electron chi connectivity index (χ4n) is 4.90. The molecule has 45 heavy (non-hydrogen) atoms. The van der Waals surface area contributed by atoms with Gasteiger partial charge in [0.2, 0.25) is 11.8 Å². The molecule has 0 radical (unpaired) electrons. The van der Waals surface area contributed by atoms with E-state index in [1.165, 1.54) is 37.3 Å². The number of methoxy groups -OCH3 is 2. The standard InChI is InChI=1S/C33H41Cl2N3O6S/c1-8-29(33(40)36-18-21(2)3)37(19-24-9-11-27(34)28(35)16-24)32(39)20-38(25-14-22(4)13-23(5)15-25)45(41,42)26-10-12-30(43-6)31(17-26)44-7/h9-17,21,29H,8,18-20H2,1-7H3,(H,36,40)/t29-/m1/s1. The monoisotopic (exact) mass is 677 g/mol. The van der Waals surface area contributed by atoms with Gasteiger partial charge in [-0.3, -0.25) is 13.9 Å². The van der Waals surface area contributed by atoms with Gasteiger partial charge in [0.05, 0.1) is 34.8 Å². The minimum absolute atomic E-state index is 0.000416. The molecule has 3 aromatic carbocycles. The van der Waals surface area contributed by atoms with Gasteiger partial charge in [0, 0.05) is 19.2 Å². The lowest BCUT2D eigenvalue weighted by molar-refractivity contribution is -0.140. The average molecular weight is 679 g/mol. The summed E-state index contributed by atoms with van der Waals surface area (Å²) >= 11 is 12.4. The zero-order valence-corrected chi connectivity index (χ0v) is 29.0. The van der Waals surface area contributed by atoms with E-state index in [0.717, 1.165) is 15.4 Å². The van der Waals surface area contributed by atoms with Crippen molar-refractivity contribution < 1.29 is 27.5 Å². The van der Waals surface area contributed by atoms with Crippen molar-refractivity contribution in [3.05, 3.63) is 81.3 Å². The molecule has 0 aliphatic carbocycles. The number of ether oxygens (including phenoxy) is 2. The number of amides is 2. The minimum atomic E-state index is -4.32. The van der Waals surface area contributed by atoms with E-state index in [1.54, 1.807) is 37.3 Å². The number of nitrogens with zero attached hydrogens (tertiary/aromatic N) is 2. The van der Waals surface area contributed by atoms with Gasteiger partial charge in [-0.2, -0.15) is 0 Å². The van der Waals surface area contributed by atoms with Crippen LogP contribution in [0.5, 0.6) is 11.5 Å². The molecule has 9 nitrogen and oxygen atoms in total. The zero-order valence-electron chi connectivity index (χ0n) is 26.7. The van der Waals surface area contributed by atoms with Crippen LogP contribution >= 0.6 is 23.2 Å². The van der Waals surface area contributed by atoms with E-state index in [1.807, 2.05) is 33.8 Å². The Morgan fingerprint density at radius 1 is 0.889 bits per heavy atom. The lowest BCUT2D eigenvalue weighted by atomic mass is 10.1. The highest BCUT2D eigenvalue weighted by Crippen LogP contribution is 2.33. The molecule has 0 aliphatic rings. The maximum atomic E-state index is 14.3. The molecule has 0 bridgehead atoms. The number of carbonyl (C=O) groups excluding carboxylic acids is 2. The molecule has 1 atom stereocenters. The van der Waals surface area contributed by atoms with Crippen molar-refractivity contribution in [2.75, 3.05) is 31.6 Å². The van der Waals surface area contributed by atoms with Crippen LogP contribution in [0, 0.1) is 19.8 Å². The SMILES string of the molecule is CC[C@H](C(=O)NCC(C)C)N(Cc1ccc(Cl)c(Cl)c1)C(=O)CN(c1cc(C)cc(C)c1)S(=O)(=O)c1ccc(OC)c(OC)c1. The van der Waals surface area contributed by atoms with Crippen LogP contribution in [0.1, 0.15) is 43.9 Å². The fourth-order valence-corrected chi connectivity index (χ4v) is 6.64. The molecule has 1 N–H and O–H groups in total. The highest BCUT2D eigenvalue weighted by molar-refractivity contribution is 7.92. The molecule has 0 heterocycles. The first-order valence-corrected chi connectivity index (χ1v) is 16.8. The minimum Gasteiger partial charge on any atom is -0.493 e. The molecule has 0 aromatic heterocycles. The molecule has 0 saturated carbocycles. The third kappa shape index (κ3) is 9.05. The van der Waals surface area contributed by atoms with Crippen molar-refractivity contribution in [3.63, 3.8) is 0 Å². The molecular formula is C33H41Cl2N3O6S. The van der Waals surface area contributed by atoms with Crippen molar-refractivity contribution in [1.29, 1.82) is 0 Å². The van der Waals surface area contributed by atoms with Crippen LogP contribution in [0.25, 0.3) is 0 Å². The van der Waals surface area contributed by atoms with E-state index in [2.05, 4.69) is 5.32 Å². The first-order chi connectivity index (χ1) is 21.2. The predicted molar refractivity (Wildman–Crippen MR) is 179 cm³/mol. The average Bonchev–Trinajstić information content (AvgIpc) is 2.99. The number of hydrogen-bond acceptors (Lipinski definition) is 6. The Balaban J connectivity index is 2.14. The summed E-state index contributed by atoms with van der Waals surface area (Å²) < 4.78 is 40.4. The maximum absolute atomic E-state index is 14.3. The number of carbonyl (C=O) groups is 2. The van der Waals surface area contributed by atoms with E-state index >= 15 is 0 Å². The van der Waals surface area contributed by atoms with E-state index in [4.69, 9.17) is 32.7 Å². The summed E-state index contributed by atoms with van der Waals surface area (Å²) in [7, 11) is -1.45. The van der Waals surface area contributed by atoms with Crippen LogP contribution in [0.15, 0.2) is 59.5 Å². The summed E-state index contributed by atoms with van der Waals surface area (Å²) in [6.45, 7) is 9.30. The van der Waals surface area contributed by atoms with Crippen LogP contribution in [0.2, 0.25) is 10.0 Å². The van der Waals surface area contributed by atoms with Gasteiger partial charge in [-0.25, -0.2) is 8.42 Å². The molecule has 0 saturated heterocycles. The lowest BCUT2D eigenvalue weighted by Crippen LogP contribution is -2.52. The van der Waals surface area contributed by atoms with Crippen molar-refractivity contribution >= 4 is 50.7 Å². The Labute approximate surface area is 276 Å². The summed E-state index contributed by atoms with van der Waals surface area (Å²) in [6.07, 6.45) is 0.295. The van der Waals surface area contributed by atoms with Crippen LogP contribution < -0.4 is 19.1 Å². The Morgan fingerprint density at radius 3 is 2.09 bits per heavy atom. The number of benzene rings is 3. The highest BCUT2D eigenvalue weighted by atomic mass is 35.5. The van der Waals surface area contributed by atoms with Crippen LogP contribution in [-0.2, 0) is 26.2 Å². The van der Waals surface area contributed by atoms with Crippen molar-refractivity contribution in [2.24, 2.45) is 5.92 Å². The third-order valence-corrected chi connectivity index (χ3v) is 9.63. The Bertz CT molecular complexity index is 1610. The maximum Gasteiger partial charge on any atom is 0.264 e. The first-order valence-electron chi connectivity index (χ1n) is 14.6. The Morgan fingerprint density at radius 2 is 1.53 bits per heavy atom. The number of sulfonamides is 1. The van der Waals surface area contributed by atoms with E-state index in [-0.39, 0.29) is 29.0 Å². The number of anilines is 1. The van der Waals surface area contributed by atoms with Crippen LogP contribution in [0.3, 0.4) is 0 Å². The van der Waals surface area contributed by atoms with Gasteiger partial charge in [0.25, 0.3) is 10.0 Å². The lowest BCUT2D eigenvalue weighted by Gasteiger charge is -2.33. The fraction of sp³-hybridized carbons (Fsp3) is 0.394. The van der Waals surface area contributed by atoms with E-state index in [9.17, 15) is 18.0 Å². The number of hydrogen-bond donors (Lipinski definition) is 1. The number of halogens is 2. The zero-order chi connectivity index (χ0) is 33.5. The van der Waals surface area contributed by atoms with E-state index in [0.29, 0.717) is 40.0 Å². The molecule has 3 rings (SSSR count). The van der Waals surface area contributed by atoms with Gasteiger partial charge in [0.15, 0.2) is 11.5 Å². The molecule has 0 unspecified atom stereocenters. The molecule has 244 valence electrons. The predicted octanol–water partition coefficient (Wildman–Crippen LogP) is 6.40. The summed E-state index contributed by atoms with van der Waals surface area (Å²) in [6, 6.07) is 13.7. The second-order valence-corrected chi connectivity index (χ2v) is 13.9. The smallest absolute Gasteiger partial charge is 0.264 e. The molecule has 0 spiro atoms. The summed E-state index contributed by atoms with van der Waals surface area (Å²) in [5, 5.41) is 3.56. The van der Waals surface area contributed by atoms with Crippen LogP contribution in [-0.4, -0.2) is 58.5 Å². The van der Waals surface area contributed by atoms with Gasteiger partial charge in [-0.05, 0) is 79.3 Å². The molecule has 12 heteroatoms. The largest absolute Gasteiger partial charge is 0.493 e. The van der Waals surface area contributed by atoms with Crippen molar-refractivity contribution in [2.45, 2.75) is 58.5 Å². The molecule has 0 fully saturated rings. The van der Waals surface area contributed by atoms with Gasteiger partial charge in [-0.1, -0.05) is 56.1 Å².